The van der Waals surface area contributed by atoms with Gasteiger partial charge in [0.2, 0.25) is 0 Å². The quantitative estimate of drug-likeness (QED) is 0.120. The highest BCUT2D eigenvalue weighted by Gasteiger charge is 2.84. The van der Waals surface area contributed by atoms with Crippen molar-refractivity contribution in [2.24, 2.45) is 21.7 Å². The summed E-state index contributed by atoms with van der Waals surface area (Å²) in [5, 5.41) is 19.2. The van der Waals surface area contributed by atoms with E-state index >= 15 is 0 Å². The van der Waals surface area contributed by atoms with Crippen LogP contribution in [0.15, 0.2) is 60.8 Å². The normalized spacial score (nSPS) is 28.9. The monoisotopic (exact) mass is 813 g/mol. The zero-order valence-electron chi connectivity index (χ0n) is 34.9. The molecule has 12 heteroatoms. The number of pyridine rings is 1. The Hall–Kier alpha value is -4.65. The first-order valence-corrected chi connectivity index (χ1v) is 22.2. The lowest BCUT2D eigenvalue weighted by Crippen LogP contribution is -2.60. The number of para-hydroxylation sites is 1. The third kappa shape index (κ3) is 6.06. The van der Waals surface area contributed by atoms with Gasteiger partial charge in [0.1, 0.15) is 5.82 Å². The predicted octanol–water partition coefficient (Wildman–Crippen LogP) is 8.85. The summed E-state index contributed by atoms with van der Waals surface area (Å²) < 4.78 is 10.2. The molecule has 59 heavy (non-hydrogen) atoms. The summed E-state index contributed by atoms with van der Waals surface area (Å²) in [6.45, 7) is 14.1. The van der Waals surface area contributed by atoms with Crippen LogP contribution in [0.25, 0.3) is 21.3 Å². The molecule has 5 aliphatic rings. The molecule has 308 valence electrons. The molecule has 5 aromatic rings. The number of nitrogens with one attached hydrogen (secondary N) is 1. The number of rotatable bonds is 13. The van der Waals surface area contributed by atoms with Gasteiger partial charge in [-0.3, -0.25) is 14.8 Å². The summed E-state index contributed by atoms with van der Waals surface area (Å²) in [6, 6.07) is 17.5. The van der Waals surface area contributed by atoms with Crippen molar-refractivity contribution < 1.29 is 19.4 Å². The Bertz CT molecular complexity index is 2480. The Morgan fingerprint density at radius 1 is 0.966 bits per heavy atom. The van der Waals surface area contributed by atoms with Gasteiger partial charge < -0.3 is 19.6 Å². The molecule has 0 saturated heterocycles. The lowest BCUT2D eigenvalue weighted by Gasteiger charge is -2.65. The molecular weight excluding hydrogens is 759 g/mol. The number of aromatic nitrogens is 4. The molecule has 3 bridgehead atoms. The Balaban J connectivity index is 0.894. The SMILES string of the molecule is CCCN(C)CCOC12CC3(C)CC4(C)CC(Cn5ncc(-c6ccc(N7CCc8cccc(C(=O)Nc9nc%10ccccc%10s9)c8C7)nc6C(=O)O)c5C)(C1)C4(C3)C2. The first-order valence-electron chi connectivity index (χ1n) is 21.4. The van der Waals surface area contributed by atoms with Crippen LogP contribution in [0.2, 0.25) is 0 Å². The second kappa shape index (κ2) is 13.7. The molecule has 4 heterocycles. The van der Waals surface area contributed by atoms with Crippen molar-refractivity contribution in [1.29, 1.82) is 0 Å². The largest absolute Gasteiger partial charge is 0.476 e. The van der Waals surface area contributed by atoms with Gasteiger partial charge in [0.05, 0.1) is 28.6 Å². The van der Waals surface area contributed by atoms with Crippen LogP contribution in [0, 0.1) is 28.6 Å². The summed E-state index contributed by atoms with van der Waals surface area (Å²) >= 11 is 1.45. The molecular formula is C47H55N7O4S. The standard InChI is InChI=1S/C47H55N7O4S/c1-6-17-52(5)19-20-58-46-24-43(3)23-44(4)26-45(27-46,47(44,25-43)28-46)29-54-30(2)34(21-48-54)32-14-15-38(50-39(32)41(56)57)53-18-16-31-10-9-11-33(35(31)22-53)40(55)51-42-49-36-12-7-8-13-37(36)59-42/h7-15,21H,6,16-20,22-29H2,1-5H3,(H,56,57)(H,49,51,55). The Morgan fingerprint density at radius 2 is 1.81 bits per heavy atom. The zero-order valence-corrected chi connectivity index (χ0v) is 35.8. The fourth-order valence-electron chi connectivity index (χ4n) is 13.5. The highest BCUT2D eigenvalue weighted by Crippen LogP contribution is 2.90. The molecule has 1 spiro atoms. The van der Waals surface area contributed by atoms with Gasteiger partial charge in [-0.15, -0.1) is 0 Å². The van der Waals surface area contributed by atoms with Crippen LogP contribution >= 0.6 is 11.3 Å². The van der Waals surface area contributed by atoms with Crippen LogP contribution in [-0.2, 0) is 24.2 Å². The number of thiazole rings is 1. The van der Waals surface area contributed by atoms with Gasteiger partial charge in [-0.1, -0.05) is 56.4 Å². The zero-order chi connectivity index (χ0) is 41.0. The van der Waals surface area contributed by atoms with Crippen LogP contribution in [0.1, 0.15) is 103 Å². The van der Waals surface area contributed by atoms with Crippen LogP contribution in [-0.4, -0.2) is 80.5 Å². The third-order valence-electron chi connectivity index (χ3n) is 15.2. The lowest BCUT2D eigenvalue weighted by atomic mass is 9.39. The number of carboxylic acids is 1. The maximum atomic E-state index is 13.7. The first-order chi connectivity index (χ1) is 28.3. The molecule has 1 amide bonds. The van der Waals surface area contributed by atoms with E-state index in [4.69, 9.17) is 14.8 Å². The summed E-state index contributed by atoms with van der Waals surface area (Å²) in [5.41, 5.74) is 6.67. The number of aromatic carboxylic acids is 1. The number of carbonyl (C=O) groups excluding carboxylic acids is 1. The van der Waals surface area contributed by atoms with E-state index in [1.165, 1.54) is 30.6 Å². The van der Waals surface area contributed by atoms with Crippen molar-refractivity contribution in [2.45, 2.75) is 97.8 Å². The third-order valence-corrected chi connectivity index (χ3v) is 16.2. The van der Waals surface area contributed by atoms with Gasteiger partial charge in [0.25, 0.3) is 5.91 Å². The molecule has 0 radical (unpaired) electrons. The number of likely N-dealkylation sites (N-methyl/N-ethyl adjacent to an activating group) is 1. The number of anilines is 2. The molecule has 4 fully saturated rings. The van der Waals surface area contributed by atoms with E-state index < -0.39 is 5.97 Å². The molecule has 11 nitrogen and oxygen atoms in total. The fourth-order valence-corrected chi connectivity index (χ4v) is 14.4. The molecule has 3 aromatic heterocycles. The second-order valence-electron chi connectivity index (χ2n) is 19.4. The minimum Gasteiger partial charge on any atom is -0.476 e. The van der Waals surface area contributed by atoms with E-state index in [0.717, 1.165) is 84.5 Å². The van der Waals surface area contributed by atoms with E-state index in [0.29, 0.717) is 52.4 Å². The van der Waals surface area contributed by atoms with Crippen LogP contribution in [0.4, 0.5) is 10.9 Å². The van der Waals surface area contributed by atoms with Gasteiger partial charge in [-0.05, 0) is 135 Å². The number of amides is 1. The molecule has 4 saturated carbocycles. The molecule has 10 rings (SSSR count). The topological polar surface area (TPSA) is 126 Å². The molecule has 5 unspecified atom stereocenters. The Morgan fingerprint density at radius 3 is 2.63 bits per heavy atom. The van der Waals surface area contributed by atoms with Crippen molar-refractivity contribution >= 4 is 44.4 Å². The fraction of sp³-hybridized carbons (Fsp3) is 0.511. The number of fused-ring (bicyclic) bond motifs is 4. The maximum absolute atomic E-state index is 13.7. The minimum absolute atomic E-state index is 0.00876. The Kier molecular flexibility index (Phi) is 8.94. The second-order valence-corrected chi connectivity index (χ2v) is 20.4. The summed E-state index contributed by atoms with van der Waals surface area (Å²) in [7, 11) is 2.19. The molecule has 2 aromatic carbocycles. The van der Waals surface area contributed by atoms with Crippen LogP contribution in [0.3, 0.4) is 0 Å². The number of hydrogen-bond donors (Lipinski definition) is 2. The summed E-state index contributed by atoms with van der Waals surface area (Å²) in [6.07, 6.45) is 10.8. The average Bonchev–Trinajstić information content (AvgIpc) is 3.85. The van der Waals surface area contributed by atoms with Crippen molar-refractivity contribution in [3.8, 4) is 11.1 Å². The number of hydrogen-bond acceptors (Lipinski definition) is 9. The molecule has 2 N–H and O–H groups in total. The minimum atomic E-state index is -1.08. The highest BCUT2D eigenvalue weighted by molar-refractivity contribution is 7.22. The number of benzene rings is 2. The van der Waals surface area contributed by atoms with Gasteiger partial charge in [-0.25, -0.2) is 14.8 Å². The van der Waals surface area contributed by atoms with Gasteiger partial charge in [0, 0.05) is 48.6 Å². The maximum Gasteiger partial charge on any atom is 0.355 e. The summed E-state index contributed by atoms with van der Waals surface area (Å²) in [5.74, 6) is -0.715. The van der Waals surface area contributed by atoms with E-state index in [1.807, 2.05) is 54.7 Å². The highest BCUT2D eigenvalue weighted by atomic mass is 32.1. The lowest BCUT2D eigenvalue weighted by molar-refractivity contribution is -0.178. The van der Waals surface area contributed by atoms with Crippen LogP contribution in [0.5, 0.6) is 0 Å². The predicted molar refractivity (Wildman–Crippen MR) is 231 cm³/mol. The van der Waals surface area contributed by atoms with E-state index in [-0.39, 0.29) is 28.0 Å². The van der Waals surface area contributed by atoms with E-state index in [2.05, 4.69) is 65.6 Å². The number of carbonyl (C=O) groups is 2. The smallest absolute Gasteiger partial charge is 0.355 e. The molecule has 1 aliphatic heterocycles. The Labute approximate surface area is 350 Å². The number of carboxylic acid groups (broad SMARTS) is 1. The summed E-state index contributed by atoms with van der Waals surface area (Å²) in [4.78, 5) is 40.5. The molecule has 5 atom stereocenters. The van der Waals surface area contributed by atoms with Crippen molar-refractivity contribution in [3.63, 3.8) is 0 Å². The van der Waals surface area contributed by atoms with Gasteiger partial charge in [-0.2, -0.15) is 5.10 Å². The average molecular weight is 814 g/mol. The first kappa shape index (κ1) is 38.5. The molecule has 4 aliphatic carbocycles. The van der Waals surface area contributed by atoms with E-state index in [9.17, 15) is 14.7 Å². The van der Waals surface area contributed by atoms with Crippen molar-refractivity contribution in [2.75, 3.05) is 43.5 Å². The number of ether oxygens (including phenoxy) is 1. The van der Waals surface area contributed by atoms with Gasteiger partial charge in [0.15, 0.2) is 10.8 Å². The van der Waals surface area contributed by atoms with Gasteiger partial charge >= 0.3 is 5.97 Å². The van der Waals surface area contributed by atoms with Crippen molar-refractivity contribution in [1.82, 2.24) is 24.6 Å². The van der Waals surface area contributed by atoms with Crippen LogP contribution < -0.4 is 10.2 Å². The number of nitrogens with zero attached hydrogens (tertiary/aromatic N) is 6. The van der Waals surface area contributed by atoms with Crippen molar-refractivity contribution in [3.05, 3.63) is 88.9 Å². The van der Waals surface area contributed by atoms with E-state index in [1.54, 1.807) is 0 Å².